The van der Waals surface area contributed by atoms with Crippen LogP contribution in [0.5, 0.6) is 0 Å². The SMILES string of the molecule is Cc1nc([C@@]2(C)CCCN(C(=O)C3CCOCC3)C2)c2sccn12. The summed E-state index contributed by atoms with van der Waals surface area (Å²) in [5, 5.41) is 2.12. The topological polar surface area (TPSA) is 46.8 Å². The van der Waals surface area contributed by atoms with Crippen LogP contribution >= 0.6 is 11.3 Å². The Morgan fingerprint density at radius 3 is 3.00 bits per heavy atom. The van der Waals surface area contributed by atoms with Crippen LogP contribution in [0.15, 0.2) is 11.6 Å². The van der Waals surface area contributed by atoms with Crippen LogP contribution in [0.1, 0.15) is 44.1 Å². The lowest BCUT2D eigenvalue weighted by molar-refractivity contribution is -0.140. The predicted molar refractivity (Wildman–Crippen MR) is 94.5 cm³/mol. The molecule has 2 aliphatic rings. The maximum Gasteiger partial charge on any atom is 0.225 e. The first-order chi connectivity index (χ1) is 11.6. The van der Waals surface area contributed by atoms with E-state index in [4.69, 9.17) is 9.72 Å². The molecule has 0 bridgehead atoms. The van der Waals surface area contributed by atoms with Gasteiger partial charge in [-0.25, -0.2) is 4.98 Å². The summed E-state index contributed by atoms with van der Waals surface area (Å²) >= 11 is 1.75. The van der Waals surface area contributed by atoms with Gasteiger partial charge in [0, 0.05) is 49.2 Å². The van der Waals surface area contributed by atoms with Crippen LogP contribution in [0.2, 0.25) is 0 Å². The Bertz CT molecular complexity index is 747. The van der Waals surface area contributed by atoms with Crippen LogP contribution in [0.25, 0.3) is 4.83 Å². The molecule has 6 heteroatoms. The van der Waals surface area contributed by atoms with Gasteiger partial charge in [-0.2, -0.15) is 0 Å². The van der Waals surface area contributed by atoms with Gasteiger partial charge in [0.05, 0.1) is 5.69 Å². The van der Waals surface area contributed by atoms with Crippen molar-refractivity contribution < 1.29 is 9.53 Å². The number of carbonyl (C=O) groups excluding carboxylic acids is 1. The van der Waals surface area contributed by atoms with Crippen LogP contribution in [-0.4, -0.2) is 46.5 Å². The number of piperidine rings is 1. The number of fused-ring (bicyclic) bond motifs is 1. The molecule has 0 saturated carbocycles. The first kappa shape index (κ1) is 16.1. The Balaban J connectivity index is 1.59. The molecule has 1 amide bonds. The Kier molecular flexibility index (Phi) is 4.12. The highest BCUT2D eigenvalue weighted by Crippen LogP contribution is 2.38. The van der Waals surface area contributed by atoms with Gasteiger partial charge in [0.2, 0.25) is 5.91 Å². The summed E-state index contributed by atoms with van der Waals surface area (Å²) in [7, 11) is 0. The highest BCUT2D eigenvalue weighted by Gasteiger charge is 2.39. The lowest BCUT2D eigenvalue weighted by Crippen LogP contribution is -2.49. The number of nitrogens with zero attached hydrogens (tertiary/aromatic N) is 3. The van der Waals surface area contributed by atoms with Crippen molar-refractivity contribution in [3.63, 3.8) is 0 Å². The van der Waals surface area contributed by atoms with E-state index in [9.17, 15) is 4.79 Å². The van der Waals surface area contributed by atoms with Gasteiger partial charge in [0.25, 0.3) is 0 Å². The van der Waals surface area contributed by atoms with Crippen molar-refractivity contribution in [3.8, 4) is 0 Å². The largest absolute Gasteiger partial charge is 0.381 e. The molecular weight excluding hydrogens is 322 g/mol. The van der Waals surface area contributed by atoms with Gasteiger partial charge >= 0.3 is 0 Å². The highest BCUT2D eigenvalue weighted by molar-refractivity contribution is 7.15. The maximum absolute atomic E-state index is 12.9. The summed E-state index contributed by atoms with van der Waals surface area (Å²) < 4.78 is 7.58. The molecule has 4 heterocycles. The molecule has 2 saturated heterocycles. The molecular formula is C18H25N3O2S. The van der Waals surface area contributed by atoms with E-state index in [0.29, 0.717) is 5.91 Å². The monoisotopic (exact) mass is 347 g/mol. The van der Waals surface area contributed by atoms with Crippen molar-refractivity contribution >= 4 is 22.1 Å². The van der Waals surface area contributed by atoms with Crippen molar-refractivity contribution in [1.82, 2.24) is 14.3 Å². The molecule has 0 N–H and O–H groups in total. The van der Waals surface area contributed by atoms with Gasteiger partial charge in [-0.15, -0.1) is 11.3 Å². The maximum atomic E-state index is 12.9. The molecule has 1 atom stereocenters. The van der Waals surface area contributed by atoms with Crippen molar-refractivity contribution in [3.05, 3.63) is 23.1 Å². The number of thiazole rings is 1. The Morgan fingerprint density at radius 1 is 1.42 bits per heavy atom. The van der Waals surface area contributed by atoms with Crippen LogP contribution in [0.4, 0.5) is 0 Å². The second-order valence-corrected chi connectivity index (χ2v) is 8.29. The van der Waals surface area contributed by atoms with Gasteiger partial charge in [0.1, 0.15) is 10.7 Å². The lowest BCUT2D eigenvalue weighted by Gasteiger charge is -2.41. The number of aromatic nitrogens is 2. The number of aryl methyl sites for hydroxylation is 1. The van der Waals surface area contributed by atoms with E-state index in [2.05, 4.69) is 34.7 Å². The fourth-order valence-corrected chi connectivity index (χ4v) is 5.21. The van der Waals surface area contributed by atoms with E-state index in [1.165, 1.54) is 10.5 Å². The number of likely N-dealkylation sites (tertiary alicyclic amines) is 1. The molecule has 0 aliphatic carbocycles. The van der Waals surface area contributed by atoms with Crippen LogP contribution < -0.4 is 0 Å². The molecule has 0 aromatic carbocycles. The summed E-state index contributed by atoms with van der Waals surface area (Å²) in [5.41, 5.74) is 1.11. The van der Waals surface area contributed by atoms with E-state index in [1.54, 1.807) is 11.3 Å². The van der Waals surface area contributed by atoms with Crippen molar-refractivity contribution in [2.75, 3.05) is 26.3 Å². The lowest BCUT2D eigenvalue weighted by atomic mass is 9.78. The number of hydrogen-bond acceptors (Lipinski definition) is 4. The average Bonchev–Trinajstić information content (AvgIpc) is 3.19. The van der Waals surface area contributed by atoms with Crippen LogP contribution in [-0.2, 0) is 14.9 Å². The summed E-state index contributed by atoms with van der Waals surface area (Å²) in [5.74, 6) is 1.50. The molecule has 4 rings (SSSR count). The second kappa shape index (κ2) is 6.15. The van der Waals surface area contributed by atoms with Gasteiger partial charge in [-0.3, -0.25) is 9.20 Å². The highest BCUT2D eigenvalue weighted by atomic mass is 32.1. The summed E-state index contributed by atoms with van der Waals surface area (Å²) in [4.78, 5) is 21.1. The molecule has 0 spiro atoms. The van der Waals surface area contributed by atoms with Crippen LogP contribution in [0.3, 0.4) is 0 Å². The fraction of sp³-hybridized carbons (Fsp3) is 0.667. The number of hydrogen-bond donors (Lipinski definition) is 0. The number of imidazole rings is 1. The molecule has 130 valence electrons. The van der Waals surface area contributed by atoms with Crippen molar-refractivity contribution in [2.45, 2.75) is 44.9 Å². The first-order valence-electron chi connectivity index (χ1n) is 8.88. The van der Waals surface area contributed by atoms with Gasteiger partial charge < -0.3 is 9.64 Å². The van der Waals surface area contributed by atoms with Crippen molar-refractivity contribution in [1.29, 1.82) is 0 Å². The van der Waals surface area contributed by atoms with Gasteiger partial charge in [-0.1, -0.05) is 6.92 Å². The number of carbonyl (C=O) groups is 1. The predicted octanol–water partition coefficient (Wildman–Crippen LogP) is 3.01. The fourth-order valence-electron chi connectivity index (χ4n) is 4.19. The van der Waals surface area contributed by atoms with E-state index >= 15 is 0 Å². The Morgan fingerprint density at radius 2 is 2.21 bits per heavy atom. The zero-order valence-corrected chi connectivity index (χ0v) is 15.3. The van der Waals surface area contributed by atoms with E-state index in [1.807, 2.05) is 0 Å². The molecule has 2 aromatic rings. The summed E-state index contributed by atoms with van der Waals surface area (Å²) in [6, 6.07) is 0. The third-order valence-electron chi connectivity index (χ3n) is 5.58. The van der Waals surface area contributed by atoms with Crippen molar-refractivity contribution in [2.24, 2.45) is 5.92 Å². The Labute approximate surface area is 146 Å². The molecule has 0 radical (unpaired) electrons. The molecule has 2 aliphatic heterocycles. The zero-order valence-electron chi connectivity index (χ0n) is 14.5. The second-order valence-electron chi connectivity index (χ2n) is 7.40. The standard InChI is InChI=1S/C18H25N3O2S/c1-13-19-15(17-21(13)8-11-24-17)18(2)6-3-7-20(12-18)16(22)14-4-9-23-10-5-14/h8,11,14H,3-7,9-10,12H2,1-2H3/t18-/m0/s1. The quantitative estimate of drug-likeness (QED) is 0.839. The third-order valence-corrected chi connectivity index (χ3v) is 6.45. The van der Waals surface area contributed by atoms with E-state index < -0.39 is 0 Å². The van der Waals surface area contributed by atoms with Crippen LogP contribution in [0, 0.1) is 12.8 Å². The normalized spacial score (nSPS) is 26.2. The third kappa shape index (κ3) is 2.65. The van der Waals surface area contributed by atoms with Gasteiger partial charge in [-0.05, 0) is 32.6 Å². The van der Waals surface area contributed by atoms with E-state index in [-0.39, 0.29) is 11.3 Å². The molecule has 24 heavy (non-hydrogen) atoms. The minimum atomic E-state index is -0.0521. The van der Waals surface area contributed by atoms with Gasteiger partial charge in [0.15, 0.2) is 0 Å². The summed E-state index contributed by atoms with van der Waals surface area (Å²) in [6.45, 7) is 7.44. The summed E-state index contributed by atoms with van der Waals surface area (Å²) in [6.07, 6.45) is 5.96. The number of ether oxygens (including phenoxy) is 1. The smallest absolute Gasteiger partial charge is 0.225 e. The number of rotatable bonds is 2. The van der Waals surface area contributed by atoms with E-state index in [0.717, 1.165) is 57.8 Å². The molecule has 5 nitrogen and oxygen atoms in total. The molecule has 0 unspecified atom stereocenters. The minimum Gasteiger partial charge on any atom is -0.381 e. The Hall–Kier alpha value is -1.40. The number of amides is 1. The first-order valence-corrected chi connectivity index (χ1v) is 9.76. The molecule has 2 aromatic heterocycles. The molecule has 2 fully saturated rings. The average molecular weight is 347 g/mol. The minimum absolute atomic E-state index is 0.0521. The zero-order chi connectivity index (χ0) is 16.7.